The van der Waals surface area contributed by atoms with E-state index in [9.17, 15) is 9.90 Å². The maximum Gasteiger partial charge on any atom is 0.251 e. The van der Waals surface area contributed by atoms with Crippen LogP contribution in [-0.2, 0) is 0 Å². The van der Waals surface area contributed by atoms with E-state index in [1.54, 1.807) is 18.3 Å². The van der Waals surface area contributed by atoms with Crippen molar-refractivity contribution in [3.63, 3.8) is 0 Å². The molecule has 3 N–H and O–H groups in total. The van der Waals surface area contributed by atoms with Crippen molar-refractivity contribution in [3.05, 3.63) is 30.0 Å². The molecule has 1 atom stereocenters. The fraction of sp³-hybridized carbons (Fsp3) is 0.467. The lowest BCUT2D eigenvalue weighted by Crippen LogP contribution is -2.34. The predicted molar refractivity (Wildman–Crippen MR) is 78.5 cm³/mol. The average Bonchev–Trinajstić information content (AvgIpc) is 2.80. The second kappa shape index (κ2) is 5.63. The number of nitrogens with one attached hydrogen (secondary N) is 2. The summed E-state index contributed by atoms with van der Waals surface area (Å²) >= 11 is 0. The molecule has 1 aromatic carbocycles. The molecule has 5 heteroatoms. The van der Waals surface area contributed by atoms with E-state index in [0.717, 1.165) is 10.9 Å². The van der Waals surface area contributed by atoms with Crippen LogP contribution in [0, 0.1) is 5.41 Å². The van der Waals surface area contributed by atoms with Crippen molar-refractivity contribution in [2.45, 2.75) is 33.3 Å². The van der Waals surface area contributed by atoms with Crippen LogP contribution in [0.3, 0.4) is 0 Å². The highest BCUT2D eigenvalue weighted by Crippen LogP contribution is 2.20. The lowest BCUT2D eigenvalue weighted by molar-refractivity contribution is 0.0868. The van der Waals surface area contributed by atoms with Gasteiger partial charge in [0.1, 0.15) is 0 Å². The number of aromatic nitrogens is 2. The Bertz CT molecular complexity index is 598. The number of hydrogen-bond donors (Lipinski definition) is 3. The molecule has 0 bridgehead atoms. The molecule has 0 aliphatic rings. The monoisotopic (exact) mass is 275 g/mol. The minimum atomic E-state index is -0.533. The van der Waals surface area contributed by atoms with Crippen LogP contribution in [0.25, 0.3) is 10.9 Å². The Morgan fingerprint density at radius 3 is 2.90 bits per heavy atom. The van der Waals surface area contributed by atoms with Crippen molar-refractivity contribution >= 4 is 16.8 Å². The zero-order valence-corrected chi connectivity index (χ0v) is 12.1. The number of rotatable bonds is 4. The molecule has 0 saturated carbocycles. The summed E-state index contributed by atoms with van der Waals surface area (Å²) in [5.74, 6) is -0.186. The number of hydrogen-bond acceptors (Lipinski definition) is 3. The third-order valence-corrected chi connectivity index (χ3v) is 3.05. The fourth-order valence-corrected chi connectivity index (χ4v) is 2.17. The highest BCUT2D eigenvalue weighted by atomic mass is 16.3. The predicted octanol–water partition coefficient (Wildman–Crippen LogP) is 2.09. The molecule has 1 aromatic heterocycles. The van der Waals surface area contributed by atoms with Crippen LogP contribution in [-0.4, -0.2) is 33.9 Å². The van der Waals surface area contributed by atoms with E-state index in [4.69, 9.17) is 0 Å². The summed E-state index contributed by atoms with van der Waals surface area (Å²) in [7, 11) is 0. The van der Waals surface area contributed by atoms with Gasteiger partial charge in [-0.25, -0.2) is 0 Å². The number of carbonyl (C=O) groups excluding carboxylic acids is 1. The minimum absolute atomic E-state index is 0.0406. The number of fused-ring (bicyclic) bond motifs is 1. The third kappa shape index (κ3) is 3.81. The van der Waals surface area contributed by atoms with Gasteiger partial charge in [-0.2, -0.15) is 5.10 Å². The van der Waals surface area contributed by atoms with Gasteiger partial charge in [-0.15, -0.1) is 0 Å². The molecule has 0 aliphatic carbocycles. The van der Waals surface area contributed by atoms with Gasteiger partial charge in [-0.1, -0.05) is 26.8 Å². The molecule has 0 radical (unpaired) electrons. The molecule has 1 amide bonds. The number of carbonyl (C=O) groups is 1. The van der Waals surface area contributed by atoms with Crippen molar-refractivity contribution < 1.29 is 9.90 Å². The molecular formula is C15H21N3O2. The van der Waals surface area contributed by atoms with Gasteiger partial charge in [0.05, 0.1) is 17.8 Å². The summed E-state index contributed by atoms with van der Waals surface area (Å²) < 4.78 is 0. The lowest BCUT2D eigenvalue weighted by atomic mass is 9.89. The molecule has 0 saturated heterocycles. The van der Waals surface area contributed by atoms with E-state index < -0.39 is 6.10 Å². The Morgan fingerprint density at radius 2 is 2.20 bits per heavy atom. The third-order valence-electron chi connectivity index (χ3n) is 3.05. The molecule has 1 heterocycles. The Labute approximate surface area is 118 Å². The van der Waals surface area contributed by atoms with E-state index in [1.165, 1.54) is 0 Å². The van der Waals surface area contributed by atoms with Crippen LogP contribution in [0.2, 0.25) is 0 Å². The number of benzene rings is 1. The van der Waals surface area contributed by atoms with E-state index in [1.807, 2.05) is 6.07 Å². The molecule has 5 nitrogen and oxygen atoms in total. The van der Waals surface area contributed by atoms with Gasteiger partial charge in [0, 0.05) is 17.5 Å². The Morgan fingerprint density at radius 1 is 1.45 bits per heavy atom. The Kier molecular flexibility index (Phi) is 4.09. The van der Waals surface area contributed by atoms with Crippen molar-refractivity contribution in [3.8, 4) is 0 Å². The number of amides is 1. The number of aliphatic hydroxyl groups is 1. The van der Waals surface area contributed by atoms with Crippen LogP contribution in [0.5, 0.6) is 0 Å². The van der Waals surface area contributed by atoms with Crippen LogP contribution in [0.1, 0.15) is 37.6 Å². The first-order valence-electron chi connectivity index (χ1n) is 6.74. The molecule has 1 unspecified atom stereocenters. The van der Waals surface area contributed by atoms with E-state index in [-0.39, 0.29) is 17.9 Å². The average molecular weight is 275 g/mol. The zero-order chi connectivity index (χ0) is 14.8. The smallest absolute Gasteiger partial charge is 0.251 e. The Balaban J connectivity index is 1.94. The number of aliphatic hydroxyl groups excluding tert-OH is 1. The second-order valence-electron chi connectivity index (χ2n) is 6.30. The molecule has 2 rings (SSSR count). The van der Waals surface area contributed by atoms with Crippen LogP contribution in [0.4, 0.5) is 0 Å². The van der Waals surface area contributed by atoms with E-state index >= 15 is 0 Å². The summed E-state index contributed by atoms with van der Waals surface area (Å²) in [6.45, 7) is 6.44. The van der Waals surface area contributed by atoms with Crippen LogP contribution in [0.15, 0.2) is 24.4 Å². The number of H-pyrrole nitrogens is 1. The van der Waals surface area contributed by atoms with Gasteiger partial charge in [-0.05, 0) is 24.0 Å². The molecule has 0 fully saturated rings. The second-order valence-corrected chi connectivity index (χ2v) is 6.30. The van der Waals surface area contributed by atoms with Crippen molar-refractivity contribution in [1.82, 2.24) is 15.5 Å². The van der Waals surface area contributed by atoms with E-state index in [2.05, 4.69) is 36.3 Å². The van der Waals surface area contributed by atoms with Crippen molar-refractivity contribution in [2.75, 3.05) is 6.54 Å². The molecule has 20 heavy (non-hydrogen) atoms. The van der Waals surface area contributed by atoms with Gasteiger partial charge < -0.3 is 10.4 Å². The summed E-state index contributed by atoms with van der Waals surface area (Å²) in [5, 5.41) is 20.4. The molecule has 0 aliphatic heterocycles. The van der Waals surface area contributed by atoms with Crippen molar-refractivity contribution in [2.24, 2.45) is 5.41 Å². The topological polar surface area (TPSA) is 78.0 Å². The number of nitrogens with zero attached hydrogens (tertiary/aromatic N) is 1. The first kappa shape index (κ1) is 14.5. The van der Waals surface area contributed by atoms with Crippen molar-refractivity contribution in [1.29, 1.82) is 0 Å². The fourth-order valence-electron chi connectivity index (χ4n) is 2.17. The molecule has 2 aromatic rings. The first-order chi connectivity index (χ1) is 9.35. The quantitative estimate of drug-likeness (QED) is 0.799. The molecule has 108 valence electrons. The molecular weight excluding hydrogens is 254 g/mol. The van der Waals surface area contributed by atoms with Gasteiger partial charge >= 0.3 is 0 Å². The summed E-state index contributed by atoms with van der Waals surface area (Å²) in [4.78, 5) is 12.0. The summed E-state index contributed by atoms with van der Waals surface area (Å²) in [6, 6.07) is 5.36. The highest BCUT2D eigenvalue weighted by molar-refractivity contribution is 5.97. The standard InChI is InChI=1S/C15H21N3O2/c1-15(2,3)7-12(19)9-16-14(20)10-4-5-11-8-17-18-13(11)6-10/h4-6,8,12,19H,7,9H2,1-3H3,(H,16,20)(H,17,18). The van der Waals surface area contributed by atoms with Gasteiger partial charge in [-0.3, -0.25) is 9.89 Å². The molecule has 0 spiro atoms. The largest absolute Gasteiger partial charge is 0.391 e. The summed E-state index contributed by atoms with van der Waals surface area (Å²) in [5.41, 5.74) is 1.43. The van der Waals surface area contributed by atoms with Crippen LogP contribution < -0.4 is 5.32 Å². The van der Waals surface area contributed by atoms with E-state index in [0.29, 0.717) is 12.0 Å². The van der Waals surface area contributed by atoms with Gasteiger partial charge in [0.15, 0.2) is 0 Å². The maximum atomic E-state index is 12.0. The Hall–Kier alpha value is -1.88. The van der Waals surface area contributed by atoms with Gasteiger partial charge in [0.25, 0.3) is 5.91 Å². The van der Waals surface area contributed by atoms with Gasteiger partial charge in [0.2, 0.25) is 0 Å². The lowest BCUT2D eigenvalue weighted by Gasteiger charge is -2.22. The zero-order valence-electron chi connectivity index (χ0n) is 12.1. The normalized spacial score (nSPS) is 13.4. The number of aromatic amines is 1. The minimum Gasteiger partial charge on any atom is -0.391 e. The summed E-state index contributed by atoms with van der Waals surface area (Å²) in [6.07, 6.45) is 1.83. The maximum absolute atomic E-state index is 12.0. The SMILES string of the molecule is CC(C)(C)CC(O)CNC(=O)c1ccc2cn[nH]c2c1. The van der Waals surface area contributed by atoms with Crippen LogP contribution >= 0.6 is 0 Å². The highest BCUT2D eigenvalue weighted by Gasteiger charge is 2.17. The first-order valence-corrected chi connectivity index (χ1v) is 6.74.